The zero-order chi connectivity index (χ0) is 8.97. The molecule has 1 atom stereocenters. The Morgan fingerprint density at radius 2 is 2.42 bits per heavy atom. The third kappa shape index (κ3) is 2.03. The summed E-state index contributed by atoms with van der Waals surface area (Å²) in [7, 11) is 1.64. The maximum absolute atomic E-state index is 5.84. The minimum absolute atomic E-state index is 0.0660. The van der Waals surface area contributed by atoms with Gasteiger partial charge in [-0.3, -0.25) is 4.98 Å². The number of hydrogen-bond donors (Lipinski definition) is 1. The summed E-state index contributed by atoms with van der Waals surface area (Å²) in [5, 5.41) is 0. The van der Waals surface area contributed by atoms with Crippen LogP contribution >= 0.6 is 0 Å². The average molecular weight is 166 g/mol. The summed E-state index contributed by atoms with van der Waals surface area (Å²) in [5.74, 6) is 0. The molecule has 66 valence electrons. The third-order valence-electron chi connectivity index (χ3n) is 1.79. The summed E-state index contributed by atoms with van der Waals surface area (Å²) in [4.78, 5) is 4.15. The molecule has 1 aromatic rings. The van der Waals surface area contributed by atoms with Gasteiger partial charge >= 0.3 is 0 Å². The van der Waals surface area contributed by atoms with Gasteiger partial charge in [0.25, 0.3) is 0 Å². The number of nitrogens with two attached hydrogens (primary N) is 1. The Kier molecular flexibility index (Phi) is 3.19. The van der Waals surface area contributed by atoms with E-state index in [2.05, 4.69) is 4.98 Å². The van der Waals surface area contributed by atoms with Gasteiger partial charge in [0.15, 0.2) is 0 Å². The normalized spacial score (nSPS) is 12.9. The van der Waals surface area contributed by atoms with Crippen LogP contribution in [0.25, 0.3) is 0 Å². The van der Waals surface area contributed by atoms with Crippen LogP contribution in [0.3, 0.4) is 0 Å². The van der Waals surface area contributed by atoms with E-state index in [4.69, 9.17) is 10.5 Å². The Balaban J connectivity index is 2.79. The van der Waals surface area contributed by atoms with Crippen LogP contribution in [0, 0.1) is 6.92 Å². The lowest BCUT2D eigenvalue weighted by molar-refractivity contribution is 0.180. The topological polar surface area (TPSA) is 48.1 Å². The monoisotopic (exact) mass is 166 g/mol. The van der Waals surface area contributed by atoms with Crippen LogP contribution in [0.4, 0.5) is 0 Å². The van der Waals surface area contributed by atoms with E-state index in [1.807, 2.05) is 19.1 Å². The van der Waals surface area contributed by atoms with E-state index >= 15 is 0 Å². The summed E-state index contributed by atoms with van der Waals surface area (Å²) in [6, 6.07) is 3.80. The lowest BCUT2D eigenvalue weighted by Crippen LogP contribution is -2.17. The fourth-order valence-electron chi connectivity index (χ4n) is 1.16. The molecule has 0 fully saturated rings. The SMILES string of the molecule is COC[C@@H](N)c1cccnc1C. The van der Waals surface area contributed by atoms with Crippen LogP contribution in [0.1, 0.15) is 17.3 Å². The molecule has 0 saturated heterocycles. The summed E-state index contributed by atoms with van der Waals surface area (Å²) < 4.78 is 4.96. The first kappa shape index (κ1) is 9.16. The molecule has 2 N–H and O–H groups in total. The summed E-state index contributed by atoms with van der Waals surface area (Å²) >= 11 is 0. The minimum Gasteiger partial charge on any atom is -0.383 e. The van der Waals surface area contributed by atoms with Crippen molar-refractivity contribution in [3.63, 3.8) is 0 Å². The number of methoxy groups -OCH3 is 1. The van der Waals surface area contributed by atoms with Crippen LogP contribution < -0.4 is 5.73 Å². The number of pyridine rings is 1. The number of ether oxygens (including phenoxy) is 1. The Morgan fingerprint density at radius 1 is 1.67 bits per heavy atom. The second-order valence-electron chi connectivity index (χ2n) is 2.74. The number of aryl methyl sites for hydroxylation is 1. The number of hydrogen-bond acceptors (Lipinski definition) is 3. The summed E-state index contributed by atoms with van der Waals surface area (Å²) in [6.45, 7) is 2.48. The third-order valence-corrected chi connectivity index (χ3v) is 1.79. The van der Waals surface area contributed by atoms with Gasteiger partial charge in [0.1, 0.15) is 0 Å². The Morgan fingerprint density at radius 3 is 3.00 bits per heavy atom. The number of aromatic nitrogens is 1. The maximum Gasteiger partial charge on any atom is 0.0656 e. The molecule has 0 bridgehead atoms. The molecule has 12 heavy (non-hydrogen) atoms. The molecule has 0 aromatic carbocycles. The van der Waals surface area contributed by atoms with Gasteiger partial charge in [-0.25, -0.2) is 0 Å². The van der Waals surface area contributed by atoms with Crippen LogP contribution in [0.15, 0.2) is 18.3 Å². The van der Waals surface area contributed by atoms with Gasteiger partial charge < -0.3 is 10.5 Å². The first-order valence-corrected chi connectivity index (χ1v) is 3.91. The fraction of sp³-hybridized carbons (Fsp3) is 0.444. The molecule has 0 spiro atoms. The van der Waals surface area contributed by atoms with E-state index < -0.39 is 0 Å². The molecule has 0 aliphatic rings. The first-order valence-electron chi connectivity index (χ1n) is 3.91. The number of rotatable bonds is 3. The van der Waals surface area contributed by atoms with Gasteiger partial charge in [-0.1, -0.05) is 6.07 Å². The maximum atomic E-state index is 5.84. The van der Waals surface area contributed by atoms with Gasteiger partial charge in [0, 0.05) is 19.0 Å². The number of nitrogens with zero attached hydrogens (tertiary/aromatic N) is 1. The second kappa shape index (κ2) is 4.18. The fourth-order valence-corrected chi connectivity index (χ4v) is 1.16. The summed E-state index contributed by atoms with van der Waals surface area (Å²) in [6.07, 6.45) is 1.76. The molecule has 1 heterocycles. The Hall–Kier alpha value is -0.930. The van der Waals surface area contributed by atoms with Gasteiger partial charge in [0.2, 0.25) is 0 Å². The van der Waals surface area contributed by atoms with Crippen molar-refractivity contribution < 1.29 is 4.74 Å². The molecule has 0 saturated carbocycles. The molecule has 0 unspecified atom stereocenters. The van der Waals surface area contributed by atoms with Crippen LogP contribution in [-0.4, -0.2) is 18.7 Å². The second-order valence-corrected chi connectivity index (χ2v) is 2.74. The van der Waals surface area contributed by atoms with Gasteiger partial charge in [-0.2, -0.15) is 0 Å². The summed E-state index contributed by atoms with van der Waals surface area (Å²) in [5.41, 5.74) is 7.87. The molecule has 0 radical (unpaired) electrons. The molecule has 1 rings (SSSR count). The Bertz CT molecular complexity index is 250. The van der Waals surface area contributed by atoms with Gasteiger partial charge in [-0.05, 0) is 18.6 Å². The van der Waals surface area contributed by atoms with Crippen molar-refractivity contribution in [2.75, 3.05) is 13.7 Å². The van der Waals surface area contributed by atoms with Gasteiger partial charge in [-0.15, -0.1) is 0 Å². The van der Waals surface area contributed by atoms with Crippen molar-refractivity contribution in [3.8, 4) is 0 Å². The molecule has 0 aliphatic carbocycles. The van der Waals surface area contributed by atoms with Crippen LogP contribution in [0.2, 0.25) is 0 Å². The Labute approximate surface area is 72.6 Å². The molecular weight excluding hydrogens is 152 g/mol. The van der Waals surface area contributed by atoms with Crippen LogP contribution in [-0.2, 0) is 4.74 Å². The lowest BCUT2D eigenvalue weighted by atomic mass is 10.1. The van der Waals surface area contributed by atoms with Crippen molar-refractivity contribution >= 4 is 0 Å². The quantitative estimate of drug-likeness (QED) is 0.729. The largest absolute Gasteiger partial charge is 0.383 e. The highest BCUT2D eigenvalue weighted by Gasteiger charge is 2.07. The van der Waals surface area contributed by atoms with E-state index in [9.17, 15) is 0 Å². The zero-order valence-electron chi connectivity index (χ0n) is 7.45. The highest BCUT2D eigenvalue weighted by atomic mass is 16.5. The van der Waals surface area contributed by atoms with Gasteiger partial charge in [0.05, 0.1) is 12.6 Å². The van der Waals surface area contributed by atoms with Crippen molar-refractivity contribution in [2.24, 2.45) is 5.73 Å². The average Bonchev–Trinajstić information content (AvgIpc) is 2.05. The standard InChI is InChI=1S/C9H14N2O/c1-7-8(4-3-5-11-7)9(10)6-12-2/h3-5,9H,6,10H2,1-2H3/t9-/m1/s1. The van der Waals surface area contributed by atoms with Crippen molar-refractivity contribution in [3.05, 3.63) is 29.6 Å². The molecule has 3 nitrogen and oxygen atoms in total. The molecule has 0 amide bonds. The predicted molar refractivity (Wildman–Crippen MR) is 47.8 cm³/mol. The van der Waals surface area contributed by atoms with E-state index in [0.29, 0.717) is 6.61 Å². The smallest absolute Gasteiger partial charge is 0.0656 e. The minimum atomic E-state index is -0.0660. The zero-order valence-corrected chi connectivity index (χ0v) is 7.45. The lowest BCUT2D eigenvalue weighted by Gasteiger charge is -2.12. The van der Waals surface area contributed by atoms with Crippen molar-refractivity contribution in [2.45, 2.75) is 13.0 Å². The molecular formula is C9H14N2O. The van der Waals surface area contributed by atoms with E-state index in [1.165, 1.54) is 0 Å². The molecule has 0 aliphatic heterocycles. The highest BCUT2D eigenvalue weighted by Crippen LogP contribution is 2.12. The van der Waals surface area contributed by atoms with E-state index in [-0.39, 0.29) is 6.04 Å². The van der Waals surface area contributed by atoms with E-state index in [0.717, 1.165) is 11.3 Å². The van der Waals surface area contributed by atoms with E-state index in [1.54, 1.807) is 13.3 Å². The molecule has 3 heteroatoms. The highest BCUT2D eigenvalue weighted by molar-refractivity contribution is 5.21. The first-order chi connectivity index (χ1) is 5.75. The molecule has 1 aromatic heterocycles. The van der Waals surface area contributed by atoms with Crippen LogP contribution in [0.5, 0.6) is 0 Å². The predicted octanol–water partition coefficient (Wildman–Crippen LogP) is 1.04. The van der Waals surface area contributed by atoms with Crippen molar-refractivity contribution in [1.82, 2.24) is 4.98 Å². The van der Waals surface area contributed by atoms with Crippen molar-refractivity contribution in [1.29, 1.82) is 0 Å².